The summed E-state index contributed by atoms with van der Waals surface area (Å²) in [6, 6.07) is 4.61. The molecule has 1 aromatic heterocycles. The molecule has 3 N–H and O–H groups in total. The second kappa shape index (κ2) is 4.92. The van der Waals surface area contributed by atoms with Crippen molar-refractivity contribution in [3.63, 3.8) is 0 Å². The van der Waals surface area contributed by atoms with Gasteiger partial charge >= 0.3 is 0 Å². The van der Waals surface area contributed by atoms with Crippen molar-refractivity contribution >= 4 is 0 Å². The number of aromatic amines is 1. The van der Waals surface area contributed by atoms with Crippen LogP contribution in [0.15, 0.2) is 18.2 Å². The Hall–Kier alpha value is -1.95. The zero-order chi connectivity index (χ0) is 12.3. The molecular formula is C11H13FN4O. The van der Waals surface area contributed by atoms with E-state index in [0.29, 0.717) is 23.8 Å². The number of benzene rings is 1. The molecule has 0 saturated carbocycles. The van der Waals surface area contributed by atoms with Crippen LogP contribution in [0.3, 0.4) is 0 Å². The lowest BCUT2D eigenvalue weighted by molar-refractivity contribution is 0.321. The van der Waals surface area contributed by atoms with Crippen molar-refractivity contribution in [2.24, 2.45) is 5.73 Å². The molecule has 5 nitrogen and oxygen atoms in total. The van der Waals surface area contributed by atoms with Gasteiger partial charge in [0.2, 0.25) is 0 Å². The molecule has 1 heterocycles. The summed E-state index contributed by atoms with van der Waals surface area (Å²) in [5, 5.41) is 6.62. The van der Waals surface area contributed by atoms with Crippen molar-refractivity contribution in [3.8, 4) is 17.1 Å². The molecular weight excluding hydrogens is 223 g/mol. The Morgan fingerprint density at radius 1 is 1.47 bits per heavy atom. The van der Waals surface area contributed by atoms with Crippen LogP contribution in [-0.4, -0.2) is 21.8 Å². The number of aromatic nitrogens is 3. The van der Waals surface area contributed by atoms with E-state index in [1.54, 1.807) is 19.1 Å². The molecule has 0 radical (unpaired) electrons. The highest BCUT2D eigenvalue weighted by Crippen LogP contribution is 2.23. The van der Waals surface area contributed by atoms with Gasteiger partial charge in [-0.3, -0.25) is 5.10 Å². The first-order chi connectivity index (χ1) is 8.24. The standard InChI is InChI=1S/C11H13FN4O/c1-2-17-9-4-3-7(5-8(9)12)11-14-10(6-13)15-16-11/h3-5H,2,6,13H2,1H3,(H,14,15,16). The van der Waals surface area contributed by atoms with Crippen LogP contribution >= 0.6 is 0 Å². The number of halogens is 1. The molecule has 6 heteroatoms. The zero-order valence-electron chi connectivity index (χ0n) is 9.40. The molecule has 0 fully saturated rings. The lowest BCUT2D eigenvalue weighted by atomic mass is 10.2. The normalized spacial score (nSPS) is 10.5. The molecule has 0 saturated heterocycles. The summed E-state index contributed by atoms with van der Waals surface area (Å²) >= 11 is 0. The van der Waals surface area contributed by atoms with Crippen LogP contribution in [0.4, 0.5) is 4.39 Å². The van der Waals surface area contributed by atoms with Gasteiger partial charge in [0.15, 0.2) is 17.4 Å². The van der Waals surface area contributed by atoms with Crippen LogP contribution in [0, 0.1) is 5.82 Å². The summed E-state index contributed by atoms with van der Waals surface area (Å²) in [6.07, 6.45) is 0. The number of nitrogens with two attached hydrogens (primary N) is 1. The third kappa shape index (κ3) is 2.42. The van der Waals surface area contributed by atoms with Crippen LogP contribution in [0.1, 0.15) is 12.7 Å². The zero-order valence-corrected chi connectivity index (χ0v) is 9.40. The van der Waals surface area contributed by atoms with Gasteiger partial charge in [0, 0.05) is 5.56 Å². The van der Waals surface area contributed by atoms with E-state index in [4.69, 9.17) is 10.5 Å². The minimum Gasteiger partial charge on any atom is -0.491 e. The van der Waals surface area contributed by atoms with E-state index in [1.807, 2.05) is 0 Å². The average Bonchev–Trinajstić information content (AvgIpc) is 2.80. The highest BCUT2D eigenvalue weighted by Gasteiger charge is 2.09. The van der Waals surface area contributed by atoms with Crippen molar-refractivity contribution in [1.29, 1.82) is 0 Å². The smallest absolute Gasteiger partial charge is 0.181 e. The largest absolute Gasteiger partial charge is 0.491 e. The Morgan fingerprint density at radius 3 is 2.88 bits per heavy atom. The maximum atomic E-state index is 13.6. The number of nitrogens with zero attached hydrogens (tertiary/aromatic N) is 2. The predicted molar refractivity (Wildman–Crippen MR) is 60.8 cm³/mol. The van der Waals surface area contributed by atoms with Gasteiger partial charge in [0.25, 0.3) is 0 Å². The maximum absolute atomic E-state index is 13.6. The summed E-state index contributed by atoms with van der Waals surface area (Å²) in [6.45, 7) is 2.50. The SMILES string of the molecule is CCOc1ccc(-c2n[nH]c(CN)n2)cc1F. The number of H-pyrrole nitrogens is 1. The number of ether oxygens (including phenoxy) is 1. The molecule has 0 unspecified atom stereocenters. The highest BCUT2D eigenvalue weighted by atomic mass is 19.1. The quantitative estimate of drug-likeness (QED) is 0.842. The lowest BCUT2D eigenvalue weighted by Crippen LogP contribution is -1.98. The van der Waals surface area contributed by atoms with Crippen LogP contribution in [0.25, 0.3) is 11.4 Å². The minimum atomic E-state index is -0.427. The molecule has 0 spiro atoms. The van der Waals surface area contributed by atoms with Crippen LogP contribution in [0.2, 0.25) is 0 Å². The van der Waals surface area contributed by atoms with Crippen molar-refractivity contribution < 1.29 is 9.13 Å². The van der Waals surface area contributed by atoms with Gasteiger partial charge in [-0.2, -0.15) is 5.10 Å². The van der Waals surface area contributed by atoms with Crippen molar-refractivity contribution in [2.45, 2.75) is 13.5 Å². The Kier molecular flexibility index (Phi) is 3.34. The molecule has 0 atom stereocenters. The van der Waals surface area contributed by atoms with Gasteiger partial charge in [-0.15, -0.1) is 0 Å². The van der Waals surface area contributed by atoms with E-state index in [0.717, 1.165) is 0 Å². The van der Waals surface area contributed by atoms with Gasteiger partial charge in [-0.25, -0.2) is 9.37 Å². The maximum Gasteiger partial charge on any atom is 0.181 e. The minimum absolute atomic E-state index is 0.228. The molecule has 0 amide bonds. The van der Waals surface area contributed by atoms with Gasteiger partial charge in [-0.05, 0) is 25.1 Å². The van der Waals surface area contributed by atoms with E-state index in [-0.39, 0.29) is 12.3 Å². The molecule has 2 rings (SSSR count). The molecule has 0 aliphatic heterocycles. The summed E-state index contributed by atoms with van der Waals surface area (Å²) in [5.74, 6) is 0.788. The van der Waals surface area contributed by atoms with Crippen LogP contribution in [0.5, 0.6) is 5.75 Å². The Morgan fingerprint density at radius 2 is 2.29 bits per heavy atom. The first-order valence-electron chi connectivity index (χ1n) is 5.28. The van der Waals surface area contributed by atoms with E-state index in [2.05, 4.69) is 15.2 Å². The third-order valence-corrected chi connectivity index (χ3v) is 2.21. The van der Waals surface area contributed by atoms with Gasteiger partial charge in [0.05, 0.1) is 13.2 Å². The number of rotatable bonds is 4. The summed E-state index contributed by atoms with van der Waals surface area (Å²) in [7, 11) is 0. The highest BCUT2D eigenvalue weighted by molar-refractivity contribution is 5.56. The van der Waals surface area contributed by atoms with Gasteiger partial charge in [-0.1, -0.05) is 0 Å². The number of hydrogen-bond acceptors (Lipinski definition) is 4. The second-order valence-corrected chi connectivity index (χ2v) is 3.39. The Bertz CT molecular complexity index is 512. The molecule has 17 heavy (non-hydrogen) atoms. The molecule has 0 aliphatic carbocycles. The fourth-order valence-corrected chi connectivity index (χ4v) is 1.43. The first-order valence-corrected chi connectivity index (χ1v) is 5.28. The summed E-state index contributed by atoms with van der Waals surface area (Å²) < 4.78 is 18.7. The molecule has 1 aromatic carbocycles. The fourth-order valence-electron chi connectivity index (χ4n) is 1.43. The monoisotopic (exact) mass is 236 g/mol. The topological polar surface area (TPSA) is 76.8 Å². The van der Waals surface area contributed by atoms with E-state index in [1.165, 1.54) is 6.07 Å². The van der Waals surface area contributed by atoms with Crippen molar-refractivity contribution in [2.75, 3.05) is 6.61 Å². The molecule has 2 aromatic rings. The summed E-state index contributed by atoms with van der Waals surface area (Å²) in [4.78, 5) is 4.12. The number of hydrogen-bond donors (Lipinski definition) is 2. The van der Waals surface area contributed by atoms with Crippen molar-refractivity contribution in [3.05, 3.63) is 29.8 Å². The Balaban J connectivity index is 2.30. The first kappa shape index (κ1) is 11.5. The average molecular weight is 236 g/mol. The molecule has 0 aliphatic rings. The van der Waals surface area contributed by atoms with E-state index < -0.39 is 5.82 Å². The number of nitrogens with one attached hydrogen (secondary N) is 1. The summed E-state index contributed by atoms with van der Waals surface area (Å²) in [5.41, 5.74) is 5.99. The fraction of sp³-hybridized carbons (Fsp3) is 0.273. The van der Waals surface area contributed by atoms with Gasteiger partial charge < -0.3 is 10.5 Å². The van der Waals surface area contributed by atoms with Crippen LogP contribution < -0.4 is 10.5 Å². The van der Waals surface area contributed by atoms with E-state index >= 15 is 0 Å². The van der Waals surface area contributed by atoms with Crippen molar-refractivity contribution in [1.82, 2.24) is 15.2 Å². The van der Waals surface area contributed by atoms with E-state index in [9.17, 15) is 4.39 Å². The predicted octanol–water partition coefficient (Wildman–Crippen LogP) is 1.47. The lowest BCUT2D eigenvalue weighted by Gasteiger charge is -2.04. The van der Waals surface area contributed by atoms with Gasteiger partial charge in [0.1, 0.15) is 5.82 Å². The molecule has 0 bridgehead atoms. The molecule has 90 valence electrons. The third-order valence-electron chi connectivity index (χ3n) is 2.21. The second-order valence-electron chi connectivity index (χ2n) is 3.39. The van der Waals surface area contributed by atoms with Crippen LogP contribution in [-0.2, 0) is 6.54 Å². The Labute approximate surface area is 97.8 Å².